The molecule has 1 aliphatic rings. The Kier molecular flexibility index (Phi) is 7.06. The van der Waals surface area contributed by atoms with Crippen LogP contribution in [0.4, 0.5) is 24.7 Å². The van der Waals surface area contributed by atoms with E-state index in [2.05, 4.69) is 26.4 Å². The fraction of sp³-hybridized carbons (Fsp3) is 0.261. The van der Waals surface area contributed by atoms with Gasteiger partial charge in [-0.15, -0.1) is 0 Å². The number of thioether (sulfide) groups is 1. The van der Waals surface area contributed by atoms with Gasteiger partial charge in [-0.2, -0.15) is 13.2 Å². The number of alkyl halides is 3. The molecule has 6 nitrogen and oxygen atoms in total. The monoisotopic (exact) mass is 508 g/mol. The molecule has 1 atom stereocenters. The summed E-state index contributed by atoms with van der Waals surface area (Å²) in [6, 6.07) is 18.2. The first-order valence-corrected chi connectivity index (χ1v) is 12.8. The Morgan fingerprint density at radius 2 is 1.79 bits per heavy atom. The van der Waals surface area contributed by atoms with Crippen LogP contribution >= 0.6 is 11.8 Å². The molecule has 0 bridgehead atoms. The maximum Gasteiger partial charge on any atom is 0.446 e. The number of nitrogens with zero attached hydrogens (tertiary/aromatic N) is 3. The van der Waals surface area contributed by atoms with Crippen LogP contribution in [0.15, 0.2) is 82.7 Å². The van der Waals surface area contributed by atoms with Crippen molar-refractivity contribution in [2.75, 3.05) is 22.8 Å². The third-order valence-electron chi connectivity index (χ3n) is 5.40. The molecule has 1 fully saturated rings. The highest BCUT2D eigenvalue weighted by Crippen LogP contribution is 2.37. The van der Waals surface area contributed by atoms with Gasteiger partial charge in [0.05, 0.1) is 11.6 Å². The first-order valence-electron chi connectivity index (χ1n) is 10.5. The summed E-state index contributed by atoms with van der Waals surface area (Å²) in [6.07, 6.45) is 1.56. The van der Waals surface area contributed by atoms with Gasteiger partial charge in [0, 0.05) is 35.9 Å². The minimum Gasteiger partial charge on any atom is -0.357 e. The lowest BCUT2D eigenvalue weighted by molar-refractivity contribution is -0.0328. The minimum absolute atomic E-state index is 0.125. The van der Waals surface area contributed by atoms with Crippen LogP contribution < -0.4 is 9.62 Å². The summed E-state index contributed by atoms with van der Waals surface area (Å²) in [5.41, 5.74) is -2.56. The lowest BCUT2D eigenvalue weighted by atomic mass is 10.2. The van der Waals surface area contributed by atoms with Gasteiger partial charge >= 0.3 is 5.51 Å². The molecule has 1 saturated heterocycles. The van der Waals surface area contributed by atoms with Gasteiger partial charge in [-0.05, 0) is 72.8 Å². The van der Waals surface area contributed by atoms with Gasteiger partial charge in [0.1, 0.15) is 5.82 Å². The van der Waals surface area contributed by atoms with Gasteiger partial charge in [-0.3, -0.25) is 9.62 Å². The van der Waals surface area contributed by atoms with Crippen molar-refractivity contribution in [2.24, 2.45) is 0 Å². The van der Waals surface area contributed by atoms with Crippen LogP contribution in [0.2, 0.25) is 0 Å². The van der Waals surface area contributed by atoms with Gasteiger partial charge in [0.25, 0.3) is 10.0 Å². The molecular weight excluding hydrogens is 485 g/mol. The fourth-order valence-electron chi connectivity index (χ4n) is 3.76. The summed E-state index contributed by atoms with van der Waals surface area (Å²) < 4.78 is 65.4. The number of anilines is 2. The molecule has 3 aromatic rings. The number of sulfonamides is 1. The first-order chi connectivity index (χ1) is 16.1. The van der Waals surface area contributed by atoms with Crippen LogP contribution in [0, 0.1) is 0 Å². The molecule has 34 heavy (non-hydrogen) atoms. The van der Waals surface area contributed by atoms with E-state index in [1.54, 1.807) is 42.6 Å². The summed E-state index contributed by atoms with van der Waals surface area (Å²) in [7, 11) is -3.73. The highest BCUT2D eigenvalue weighted by atomic mass is 32.2. The predicted molar refractivity (Wildman–Crippen MR) is 127 cm³/mol. The molecule has 0 saturated carbocycles. The second-order valence-electron chi connectivity index (χ2n) is 7.97. The summed E-state index contributed by atoms with van der Waals surface area (Å²) in [6.45, 7) is 3.97. The zero-order valence-corrected chi connectivity index (χ0v) is 19.9. The topological polar surface area (TPSA) is 65.5 Å². The van der Waals surface area contributed by atoms with Crippen LogP contribution in [0.25, 0.3) is 0 Å². The smallest absolute Gasteiger partial charge is 0.357 e. The van der Waals surface area contributed by atoms with E-state index in [-0.39, 0.29) is 33.4 Å². The van der Waals surface area contributed by atoms with E-state index in [4.69, 9.17) is 0 Å². The number of aromatic nitrogens is 1. The second-order valence-corrected chi connectivity index (χ2v) is 10.8. The Morgan fingerprint density at radius 3 is 2.47 bits per heavy atom. The Bertz CT molecular complexity index is 1220. The van der Waals surface area contributed by atoms with Crippen LogP contribution in [-0.2, 0) is 16.6 Å². The molecular formula is C23H23F3N4O2S2. The fourth-order valence-corrected chi connectivity index (χ4v) is 5.32. The average molecular weight is 509 g/mol. The second kappa shape index (κ2) is 9.85. The van der Waals surface area contributed by atoms with Crippen molar-refractivity contribution in [3.8, 4) is 0 Å². The SMILES string of the molecule is CC1CN(c2ccc(SC(F)(F)F)cc2)CN1Cc1ccnc(NS(=O)(=O)c2ccccc2)c1. The van der Waals surface area contributed by atoms with Crippen molar-refractivity contribution in [1.82, 2.24) is 9.88 Å². The maximum absolute atomic E-state index is 12.6. The number of rotatable bonds is 7. The third kappa shape index (κ3) is 6.22. The standard InChI is InChI=1S/C23H23F3N4O2S2/c1-17-14-30(19-7-9-20(10-8-19)33-23(24,25)26)16-29(17)15-18-11-12-27-22(13-18)28-34(31,32)21-5-3-2-4-6-21/h2-13,17H,14-16H2,1H3,(H,27,28). The molecule has 4 rings (SSSR count). The molecule has 0 aliphatic carbocycles. The number of halogens is 3. The van der Waals surface area contributed by atoms with Gasteiger partial charge < -0.3 is 4.90 Å². The molecule has 0 spiro atoms. The Labute approximate surface area is 200 Å². The van der Waals surface area contributed by atoms with E-state index >= 15 is 0 Å². The summed E-state index contributed by atoms with van der Waals surface area (Å²) in [5, 5.41) is 0. The van der Waals surface area contributed by atoms with E-state index < -0.39 is 15.5 Å². The number of hydrogen-bond acceptors (Lipinski definition) is 6. The largest absolute Gasteiger partial charge is 0.446 e. The van der Waals surface area contributed by atoms with E-state index in [9.17, 15) is 21.6 Å². The van der Waals surface area contributed by atoms with E-state index in [1.807, 2.05) is 6.07 Å². The average Bonchev–Trinajstić information content (AvgIpc) is 3.14. The minimum atomic E-state index is -4.31. The highest BCUT2D eigenvalue weighted by molar-refractivity contribution is 8.00. The van der Waals surface area contributed by atoms with Crippen LogP contribution in [0.5, 0.6) is 0 Å². The third-order valence-corrected chi connectivity index (χ3v) is 7.51. The molecule has 1 unspecified atom stereocenters. The zero-order chi connectivity index (χ0) is 24.3. The number of hydrogen-bond donors (Lipinski definition) is 1. The molecule has 180 valence electrons. The van der Waals surface area contributed by atoms with Gasteiger partial charge in [0.15, 0.2) is 0 Å². The van der Waals surface area contributed by atoms with Gasteiger partial charge in [-0.1, -0.05) is 18.2 Å². The highest BCUT2D eigenvalue weighted by Gasteiger charge is 2.30. The Morgan fingerprint density at radius 1 is 1.09 bits per heavy atom. The van der Waals surface area contributed by atoms with Crippen LogP contribution in [-0.4, -0.2) is 43.1 Å². The van der Waals surface area contributed by atoms with Crippen LogP contribution in [0.3, 0.4) is 0 Å². The summed E-state index contributed by atoms with van der Waals surface area (Å²) in [5.74, 6) is 0.239. The molecule has 0 amide bonds. The van der Waals surface area contributed by atoms with E-state index in [0.29, 0.717) is 13.2 Å². The molecule has 2 aromatic carbocycles. The molecule has 11 heteroatoms. The Hall–Kier alpha value is -2.76. The molecule has 1 N–H and O–H groups in total. The van der Waals surface area contributed by atoms with Crippen molar-refractivity contribution in [2.45, 2.75) is 34.8 Å². The van der Waals surface area contributed by atoms with Crippen molar-refractivity contribution in [1.29, 1.82) is 0 Å². The number of benzene rings is 2. The first kappa shape index (κ1) is 24.4. The predicted octanol–water partition coefficient (Wildman–Crippen LogP) is 5.16. The van der Waals surface area contributed by atoms with Crippen molar-refractivity contribution >= 4 is 33.3 Å². The Balaban J connectivity index is 1.41. The van der Waals surface area contributed by atoms with Crippen molar-refractivity contribution < 1.29 is 21.6 Å². The van der Waals surface area contributed by atoms with Crippen molar-refractivity contribution in [3.05, 3.63) is 78.5 Å². The molecule has 0 radical (unpaired) electrons. The quantitative estimate of drug-likeness (QED) is 0.445. The number of pyridine rings is 1. The zero-order valence-electron chi connectivity index (χ0n) is 18.2. The lowest BCUT2D eigenvalue weighted by Crippen LogP contribution is -2.28. The normalized spacial score (nSPS) is 17.2. The van der Waals surface area contributed by atoms with E-state index in [1.165, 1.54) is 24.3 Å². The summed E-state index contributed by atoms with van der Waals surface area (Å²) in [4.78, 5) is 8.77. The van der Waals surface area contributed by atoms with Gasteiger partial charge in [0.2, 0.25) is 0 Å². The summed E-state index contributed by atoms with van der Waals surface area (Å²) >= 11 is -0.125. The van der Waals surface area contributed by atoms with Crippen LogP contribution in [0.1, 0.15) is 12.5 Å². The maximum atomic E-state index is 12.6. The molecule has 1 aliphatic heterocycles. The lowest BCUT2D eigenvalue weighted by Gasteiger charge is -2.21. The molecule has 1 aromatic heterocycles. The van der Waals surface area contributed by atoms with Gasteiger partial charge in [-0.25, -0.2) is 13.4 Å². The number of nitrogens with one attached hydrogen (secondary N) is 1. The molecule has 2 heterocycles. The van der Waals surface area contributed by atoms with Crippen molar-refractivity contribution in [3.63, 3.8) is 0 Å². The van der Waals surface area contributed by atoms with E-state index in [0.717, 1.165) is 17.8 Å².